The molecule has 7 heteroatoms. The molecule has 0 bridgehead atoms. The van der Waals surface area contributed by atoms with Gasteiger partial charge in [-0.1, -0.05) is 29.8 Å². The molecule has 0 unspecified atom stereocenters. The second kappa shape index (κ2) is 6.22. The summed E-state index contributed by atoms with van der Waals surface area (Å²) in [5.74, 6) is 1.11. The molecule has 22 heavy (non-hydrogen) atoms. The Bertz CT molecular complexity index is 763. The van der Waals surface area contributed by atoms with E-state index in [0.717, 1.165) is 5.56 Å². The highest BCUT2D eigenvalue weighted by Crippen LogP contribution is 2.26. The first-order valence-electron chi connectivity index (χ1n) is 7.09. The van der Waals surface area contributed by atoms with Gasteiger partial charge in [0.25, 0.3) is 0 Å². The van der Waals surface area contributed by atoms with Crippen LogP contribution in [0.25, 0.3) is 11.3 Å². The van der Waals surface area contributed by atoms with Crippen LogP contribution >= 0.6 is 11.6 Å². The maximum absolute atomic E-state index is 11.6. The van der Waals surface area contributed by atoms with Crippen molar-refractivity contribution in [2.75, 3.05) is 29.5 Å². The second-order valence-corrected chi connectivity index (χ2v) is 7.96. The van der Waals surface area contributed by atoms with Crippen molar-refractivity contribution in [3.05, 3.63) is 41.4 Å². The van der Waals surface area contributed by atoms with Crippen LogP contribution in [0.2, 0.25) is 5.02 Å². The van der Waals surface area contributed by atoms with E-state index in [1.165, 1.54) is 0 Å². The van der Waals surface area contributed by atoms with Crippen LogP contribution in [0.15, 0.2) is 36.4 Å². The highest BCUT2D eigenvalue weighted by Gasteiger charge is 2.20. The molecular formula is C15H16ClN3O2S. The summed E-state index contributed by atoms with van der Waals surface area (Å²) in [6, 6.07) is 11.2. The van der Waals surface area contributed by atoms with Crippen LogP contribution in [-0.2, 0) is 9.84 Å². The predicted octanol–water partition coefficient (Wildman–Crippen LogP) is 2.42. The molecule has 1 aliphatic heterocycles. The Hall–Kier alpha value is -1.66. The van der Waals surface area contributed by atoms with E-state index in [1.54, 1.807) is 0 Å². The number of benzene rings is 1. The number of nitrogens with zero attached hydrogens (tertiary/aromatic N) is 3. The smallest absolute Gasteiger partial charge is 0.152 e. The number of halogens is 1. The van der Waals surface area contributed by atoms with Crippen molar-refractivity contribution in [1.29, 1.82) is 0 Å². The van der Waals surface area contributed by atoms with Crippen LogP contribution in [0.1, 0.15) is 6.42 Å². The van der Waals surface area contributed by atoms with Crippen molar-refractivity contribution in [1.82, 2.24) is 10.2 Å². The average Bonchev–Trinajstić information content (AvgIpc) is 2.69. The first-order valence-corrected chi connectivity index (χ1v) is 9.29. The number of rotatable bonds is 2. The van der Waals surface area contributed by atoms with E-state index in [-0.39, 0.29) is 11.5 Å². The Morgan fingerprint density at radius 2 is 1.82 bits per heavy atom. The summed E-state index contributed by atoms with van der Waals surface area (Å²) >= 11 is 6.16. The summed E-state index contributed by atoms with van der Waals surface area (Å²) in [6.45, 7) is 1.14. The predicted molar refractivity (Wildman–Crippen MR) is 88.0 cm³/mol. The lowest BCUT2D eigenvalue weighted by molar-refractivity contribution is 0.597. The fourth-order valence-electron chi connectivity index (χ4n) is 2.47. The molecule has 1 aromatic carbocycles. The Labute approximate surface area is 134 Å². The Kier molecular flexibility index (Phi) is 4.31. The van der Waals surface area contributed by atoms with Gasteiger partial charge in [0.15, 0.2) is 15.7 Å². The maximum atomic E-state index is 11.6. The van der Waals surface area contributed by atoms with Gasteiger partial charge in [0, 0.05) is 18.7 Å². The van der Waals surface area contributed by atoms with Gasteiger partial charge >= 0.3 is 0 Å². The van der Waals surface area contributed by atoms with Gasteiger partial charge in [-0.3, -0.25) is 0 Å². The molecule has 0 aliphatic carbocycles. The normalized spacial score (nSPS) is 18.0. The van der Waals surface area contributed by atoms with Gasteiger partial charge in [-0.25, -0.2) is 8.42 Å². The lowest BCUT2D eigenvalue weighted by Crippen LogP contribution is -2.27. The molecule has 1 aromatic heterocycles. The standard InChI is InChI=1S/C15H16ClN3O2S/c16-13-5-2-1-4-12(13)14-6-7-15(18-17-14)19-8-3-10-22(20,21)11-9-19/h1-2,4-7H,3,8-11H2. The van der Waals surface area contributed by atoms with Crippen molar-refractivity contribution in [2.24, 2.45) is 0 Å². The molecule has 2 aromatic rings. The molecule has 0 radical (unpaired) electrons. The highest BCUT2D eigenvalue weighted by molar-refractivity contribution is 7.91. The van der Waals surface area contributed by atoms with E-state index in [4.69, 9.17) is 11.6 Å². The number of hydrogen-bond acceptors (Lipinski definition) is 5. The Morgan fingerprint density at radius 1 is 1.00 bits per heavy atom. The SMILES string of the molecule is O=S1(=O)CCCN(c2ccc(-c3ccccc3Cl)nn2)CC1. The first-order chi connectivity index (χ1) is 10.6. The first kappa shape index (κ1) is 15.2. The zero-order valence-corrected chi connectivity index (χ0v) is 13.5. The van der Waals surface area contributed by atoms with Crippen LogP contribution in [-0.4, -0.2) is 43.2 Å². The highest BCUT2D eigenvalue weighted by atomic mass is 35.5. The molecule has 2 heterocycles. The molecule has 0 atom stereocenters. The summed E-state index contributed by atoms with van der Waals surface area (Å²) in [4.78, 5) is 1.97. The van der Waals surface area contributed by atoms with Gasteiger partial charge in [-0.15, -0.1) is 10.2 Å². The lowest BCUT2D eigenvalue weighted by atomic mass is 10.1. The minimum Gasteiger partial charge on any atom is -0.354 e. The third-order valence-corrected chi connectivity index (χ3v) is 5.72. The summed E-state index contributed by atoms with van der Waals surface area (Å²) in [6.07, 6.45) is 0.621. The minimum absolute atomic E-state index is 0.168. The number of hydrogen-bond donors (Lipinski definition) is 0. The van der Waals surface area contributed by atoms with E-state index < -0.39 is 9.84 Å². The maximum Gasteiger partial charge on any atom is 0.152 e. The molecular weight excluding hydrogens is 322 g/mol. The van der Waals surface area contributed by atoms with Crippen LogP contribution in [0.5, 0.6) is 0 Å². The molecule has 116 valence electrons. The van der Waals surface area contributed by atoms with Crippen LogP contribution < -0.4 is 4.90 Å². The van der Waals surface area contributed by atoms with Gasteiger partial charge in [0.2, 0.25) is 0 Å². The van der Waals surface area contributed by atoms with Gasteiger partial charge in [0.05, 0.1) is 22.2 Å². The second-order valence-electron chi connectivity index (χ2n) is 5.25. The summed E-state index contributed by atoms with van der Waals surface area (Å²) < 4.78 is 23.3. The van der Waals surface area contributed by atoms with Crippen molar-refractivity contribution >= 4 is 27.3 Å². The van der Waals surface area contributed by atoms with Crippen LogP contribution in [0, 0.1) is 0 Å². The van der Waals surface area contributed by atoms with Gasteiger partial charge in [-0.05, 0) is 24.6 Å². The van der Waals surface area contributed by atoms with Gasteiger partial charge < -0.3 is 4.90 Å². The average molecular weight is 338 g/mol. The lowest BCUT2D eigenvalue weighted by Gasteiger charge is -2.20. The zero-order valence-electron chi connectivity index (χ0n) is 11.9. The number of aromatic nitrogens is 2. The van der Waals surface area contributed by atoms with E-state index in [0.29, 0.717) is 36.0 Å². The van der Waals surface area contributed by atoms with Crippen molar-refractivity contribution in [3.8, 4) is 11.3 Å². The van der Waals surface area contributed by atoms with Crippen LogP contribution in [0.3, 0.4) is 0 Å². The topological polar surface area (TPSA) is 63.2 Å². The summed E-state index contributed by atoms with van der Waals surface area (Å²) in [7, 11) is -2.92. The number of sulfone groups is 1. The number of anilines is 1. The monoisotopic (exact) mass is 337 g/mol. The molecule has 0 N–H and O–H groups in total. The molecule has 0 spiro atoms. The molecule has 5 nitrogen and oxygen atoms in total. The Balaban J connectivity index is 1.81. The molecule has 1 saturated heterocycles. The largest absolute Gasteiger partial charge is 0.354 e. The fraction of sp³-hybridized carbons (Fsp3) is 0.333. The molecule has 1 aliphatic rings. The van der Waals surface area contributed by atoms with Crippen molar-refractivity contribution in [2.45, 2.75) is 6.42 Å². The fourth-order valence-corrected chi connectivity index (χ4v) is 3.98. The van der Waals surface area contributed by atoms with Gasteiger partial charge in [0.1, 0.15) is 0 Å². The van der Waals surface area contributed by atoms with E-state index in [9.17, 15) is 8.42 Å². The van der Waals surface area contributed by atoms with Gasteiger partial charge in [-0.2, -0.15) is 0 Å². The van der Waals surface area contributed by atoms with Crippen LogP contribution in [0.4, 0.5) is 5.82 Å². The Morgan fingerprint density at radius 3 is 2.55 bits per heavy atom. The molecule has 0 saturated carbocycles. The van der Waals surface area contributed by atoms with E-state index in [2.05, 4.69) is 10.2 Å². The van der Waals surface area contributed by atoms with E-state index >= 15 is 0 Å². The van der Waals surface area contributed by atoms with Crippen molar-refractivity contribution < 1.29 is 8.42 Å². The van der Waals surface area contributed by atoms with E-state index in [1.807, 2.05) is 41.3 Å². The third kappa shape index (κ3) is 3.39. The zero-order chi connectivity index (χ0) is 15.6. The molecule has 3 rings (SSSR count). The summed E-state index contributed by atoms with van der Waals surface area (Å²) in [5.41, 5.74) is 1.54. The summed E-state index contributed by atoms with van der Waals surface area (Å²) in [5, 5.41) is 9.09. The molecule has 1 fully saturated rings. The third-order valence-electron chi connectivity index (χ3n) is 3.68. The van der Waals surface area contributed by atoms with Crippen molar-refractivity contribution in [3.63, 3.8) is 0 Å². The quantitative estimate of drug-likeness (QED) is 0.842. The molecule has 0 amide bonds. The minimum atomic E-state index is -2.92.